The third-order valence-electron chi connectivity index (χ3n) is 3.91. The molecule has 0 unspecified atom stereocenters. The first-order valence-electron chi connectivity index (χ1n) is 7.18. The summed E-state index contributed by atoms with van der Waals surface area (Å²) in [5, 5.41) is 9.21. The number of hydrogen-bond acceptors (Lipinski definition) is 3. The van der Waals surface area contributed by atoms with Crippen LogP contribution in [0.1, 0.15) is 48.7 Å². The van der Waals surface area contributed by atoms with E-state index in [1.807, 2.05) is 6.92 Å². The standard InChI is InChI=1S/C15H20N2O2/c1-2-12-7-11(15(18)19)8-14(16-12)17(13-5-6-13)9-10-3-4-10/h7-8,10,13H,2-6,9H2,1H3,(H,18,19). The lowest BCUT2D eigenvalue weighted by atomic mass is 10.2. The first kappa shape index (κ1) is 12.5. The van der Waals surface area contributed by atoms with Gasteiger partial charge in [0.15, 0.2) is 0 Å². The van der Waals surface area contributed by atoms with Crippen molar-refractivity contribution in [3.8, 4) is 0 Å². The van der Waals surface area contributed by atoms with Crippen LogP contribution in [-0.2, 0) is 6.42 Å². The van der Waals surface area contributed by atoms with Crippen LogP contribution in [0.2, 0.25) is 0 Å². The van der Waals surface area contributed by atoms with E-state index in [1.54, 1.807) is 12.1 Å². The van der Waals surface area contributed by atoms with Crippen LogP contribution in [0.3, 0.4) is 0 Å². The molecule has 1 aromatic rings. The van der Waals surface area contributed by atoms with Gasteiger partial charge in [-0.1, -0.05) is 6.92 Å². The van der Waals surface area contributed by atoms with Gasteiger partial charge in [0.25, 0.3) is 0 Å². The number of nitrogens with zero attached hydrogens (tertiary/aromatic N) is 2. The Morgan fingerprint density at radius 1 is 1.37 bits per heavy atom. The number of aryl methyl sites for hydroxylation is 1. The van der Waals surface area contributed by atoms with Crippen LogP contribution >= 0.6 is 0 Å². The van der Waals surface area contributed by atoms with E-state index in [9.17, 15) is 9.90 Å². The summed E-state index contributed by atoms with van der Waals surface area (Å²) in [5.74, 6) is 0.799. The summed E-state index contributed by atoms with van der Waals surface area (Å²) in [6.07, 6.45) is 5.82. The fraction of sp³-hybridized carbons (Fsp3) is 0.600. The predicted octanol–water partition coefficient (Wildman–Crippen LogP) is 2.72. The molecule has 1 heterocycles. The van der Waals surface area contributed by atoms with Crippen LogP contribution < -0.4 is 4.90 Å². The van der Waals surface area contributed by atoms with Crippen molar-refractivity contribution in [2.75, 3.05) is 11.4 Å². The summed E-state index contributed by atoms with van der Waals surface area (Å²) in [6.45, 7) is 3.06. The normalized spacial score (nSPS) is 18.4. The lowest BCUT2D eigenvalue weighted by Crippen LogP contribution is -2.29. The number of pyridine rings is 1. The molecule has 2 fully saturated rings. The average Bonchev–Trinajstić information content (AvgIpc) is 3.27. The molecular weight excluding hydrogens is 240 g/mol. The van der Waals surface area contributed by atoms with E-state index < -0.39 is 5.97 Å². The second-order valence-corrected chi connectivity index (χ2v) is 5.69. The van der Waals surface area contributed by atoms with Crippen molar-refractivity contribution in [3.05, 3.63) is 23.4 Å². The predicted molar refractivity (Wildman–Crippen MR) is 73.7 cm³/mol. The van der Waals surface area contributed by atoms with Crippen molar-refractivity contribution < 1.29 is 9.90 Å². The quantitative estimate of drug-likeness (QED) is 0.854. The van der Waals surface area contributed by atoms with E-state index in [4.69, 9.17) is 0 Å². The molecular formula is C15H20N2O2. The van der Waals surface area contributed by atoms with E-state index in [2.05, 4.69) is 9.88 Å². The Bertz CT molecular complexity index is 493. The molecule has 2 aliphatic carbocycles. The highest BCUT2D eigenvalue weighted by molar-refractivity contribution is 5.88. The summed E-state index contributed by atoms with van der Waals surface area (Å²) in [7, 11) is 0. The van der Waals surface area contributed by atoms with Crippen LogP contribution in [0, 0.1) is 5.92 Å². The summed E-state index contributed by atoms with van der Waals surface area (Å²) < 4.78 is 0. The van der Waals surface area contributed by atoms with Crippen molar-refractivity contribution in [2.45, 2.75) is 45.1 Å². The van der Waals surface area contributed by atoms with Crippen LogP contribution in [0.4, 0.5) is 5.82 Å². The first-order chi connectivity index (χ1) is 9.17. The number of carboxylic acids is 1. The highest BCUT2D eigenvalue weighted by Gasteiger charge is 2.34. The molecule has 2 aliphatic rings. The zero-order valence-corrected chi connectivity index (χ0v) is 11.3. The van der Waals surface area contributed by atoms with Crippen LogP contribution in [-0.4, -0.2) is 28.6 Å². The van der Waals surface area contributed by atoms with Crippen LogP contribution in [0.25, 0.3) is 0 Å². The van der Waals surface area contributed by atoms with Crippen molar-refractivity contribution in [1.82, 2.24) is 4.98 Å². The number of rotatable bonds is 6. The number of aromatic nitrogens is 1. The molecule has 19 heavy (non-hydrogen) atoms. The second-order valence-electron chi connectivity index (χ2n) is 5.69. The third-order valence-corrected chi connectivity index (χ3v) is 3.91. The molecule has 1 N–H and O–H groups in total. The molecule has 0 amide bonds. The smallest absolute Gasteiger partial charge is 0.335 e. The van der Waals surface area contributed by atoms with E-state index in [-0.39, 0.29) is 0 Å². The number of anilines is 1. The van der Waals surface area contributed by atoms with Gasteiger partial charge in [0.05, 0.1) is 5.56 Å². The number of aromatic carboxylic acids is 1. The highest BCUT2D eigenvalue weighted by atomic mass is 16.4. The molecule has 0 saturated heterocycles. The highest BCUT2D eigenvalue weighted by Crippen LogP contribution is 2.37. The van der Waals surface area contributed by atoms with Gasteiger partial charge >= 0.3 is 5.97 Å². The maximum absolute atomic E-state index is 11.2. The van der Waals surface area contributed by atoms with Gasteiger partial charge < -0.3 is 10.0 Å². The lowest BCUT2D eigenvalue weighted by molar-refractivity contribution is 0.0696. The number of carboxylic acid groups (broad SMARTS) is 1. The van der Waals surface area contributed by atoms with Gasteiger partial charge in [-0.25, -0.2) is 9.78 Å². The Kier molecular flexibility index (Phi) is 3.17. The Balaban J connectivity index is 1.91. The summed E-state index contributed by atoms with van der Waals surface area (Å²) in [4.78, 5) is 18.2. The average molecular weight is 260 g/mol. The second kappa shape index (κ2) is 4.83. The third kappa shape index (κ3) is 2.88. The summed E-state index contributed by atoms with van der Waals surface area (Å²) >= 11 is 0. The monoisotopic (exact) mass is 260 g/mol. The minimum absolute atomic E-state index is 0.364. The Hall–Kier alpha value is -1.58. The molecule has 3 rings (SSSR count). The SMILES string of the molecule is CCc1cc(C(=O)O)cc(N(CC2CC2)C2CC2)n1. The molecule has 0 bridgehead atoms. The van der Waals surface area contributed by atoms with Gasteiger partial charge in [0.1, 0.15) is 5.82 Å². The van der Waals surface area contributed by atoms with Crippen molar-refractivity contribution in [1.29, 1.82) is 0 Å². The van der Waals surface area contributed by atoms with Crippen LogP contribution in [0.15, 0.2) is 12.1 Å². The van der Waals surface area contributed by atoms with E-state index in [0.717, 1.165) is 30.4 Å². The van der Waals surface area contributed by atoms with Gasteiger partial charge in [-0.05, 0) is 50.2 Å². The maximum atomic E-state index is 11.2. The molecule has 4 heteroatoms. The Labute approximate surface area is 113 Å². The number of carbonyl (C=O) groups is 1. The lowest BCUT2D eigenvalue weighted by Gasteiger charge is -2.24. The van der Waals surface area contributed by atoms with Crippen molar-refractivity contribution in [2.24, 2.45) is 5.92 Å². The molecule has 0 aliphatic heterocycles. The minimum atomic E-state index is -0.861. The minimum Gasteiger partial charge on any atom is -0.478 e. The van der Waals surface area contributed by atoms with Crippen LogP contribution in [0.5, 0.6) is 0 Å². The van der Waals surface area contributed by atoms with Crippen molar-refractivity contribution in [3.63, 3.8) is 0 Å². The van der Waals surface area contributed by atoms with Gasteiger partial charge in [0, 0.05) is 18.3 Å². The van der Waals surface area contributed by atoms with Gasteiger partial charge in [0.2, 0.25) is 0 Å². The van der Waals surface area contributed by atoms with E-state index in [1.165, 1.54) is 25.7 Å². The molecule has 102 valence electrons. The molecule has 2 saturated carbocycles. The van der Waals surface area contributed by atoms with E-state index >= 15 is 0 Å². The summed E-state index contributed by atoms with van der Waals surface area (Å²) in [5.41, 5.74) is 1.24. The molecule has 0 aromatic carbocycles. The molecule has 0 radical (unpaired) electrons. The topological polar surface area (TPSA) is 53.4 Å². The molecule has 4 nitrogen and oxygen atoms in total. The fourth-order valence-corrected chi connectivity index (χ4v) is 2.42. The zero-order chi connectivity index (χ0) is 13.4. The Morgan fingerprint density at radius 2 is 2.11 bits per heavy atom. The number of hydrogen-bond donors (Lipinski definition) is 1. The molecule has 1 aromatic heterocycles. The summed E-state index contributed by atoms with van der Waals surface area (Å²) in [6, 6.07) is 4.01. The zero-order valence-electron chi connectivity index (χ0n) is 11.3. The van der Waals surface area contributed by atoms with Gasteiger partial charge in [-0.15, -0.1) is 0 Å². The van der Waals surface area contributed by atoms with E-state index in [0.29, 0.717) is 11.6 Å². The van der Waals surface area contributed by atoms with Gasteiger partial charge in [-0.3, -0.25) is 0 Å². The maximum Gasteiger partial charge on any atom is 0.335 e. The molecule has 0 spiro atoms. The largest absolute Gasteiger partial charge is 0.478 e. The molecule has 0 atom stereocenters. The van der Waals surface area contributed by atoms with Crippen molar-refractivity contribution >= 4 is 11.8 Å². The van der Waals surface area contributed by atoms with Gasteiger partial charge in [-0.2, -0.15) is 0 Å². The Morgan fingerprint density at radius 3 is 2.63 bits per heavy atom. The fourth-order valence-electron chi connectivity index (χ4n) is 2.42. The first-order valence-corrected chi connectivity index (χ1v) is 7.18.